The first-order valence-corrected chi connectivity index (χ1v) is 5.08. The number of aromatic nitrogens is 4. The van der Waals surface area contributed by atoms with Crippen LogP contribution in [0.25, 0.3) is 11.5 Å². The second-order valence-corrected chi connectivity index (χ2v) is 3.91. The molecule has 0 amide bonds. The van der Waals surface area contributed by atoms with E-state index in [1.807, 2.05) is 18.2 Å². The molecule has 0 aromatic carbocycles. The summed E-state index contributed by atoms with van der Waals surface area (Å²) in [5.74, 6) is 2.16. The van der Waals surface area contributed by atoms with Gasteiger partial charge >= 0.3 is 0 Å². The molecular formula is C11H14N4. The molecule has 2 aromatic heterocycles. The highest BCUT2D eigenvalue weighted by molar-refractivity contribution is 5.47. The number of rotatable bonds is 3. The first-order valence-electron chi connectivity index (χ1n) is 5.08. The first kappa shape index (κ1) is 9.83. The summed E-state index contributed by atoms with van der Waals surface area (Å²) >= 11 is 0. The molecule has 0 fully saturated rings. The van der Waals surface area contributed by atoms with Gasteiger partial charge in [0.05, 0.1) is 0 Å². The van der Waals surface area contributed by atoms with Crippen molar-refractivity contribution >= 4 is 0 Å². The van der Waals surface area contributed by atoms with E-state index in [1.165, 1.54) is 0 Å². The monoisotopic (exact) mass is 202 g/mol. The Morgan fingerprint density at radius 2 is 2.20 bits per heavy atom. The quantitative estimate of drug-likeness (QED) is 0.828. The topological polar surface area (TPSA) is 54.5 Å². The van der Waals surface area contributed by atoms with Crippen molar-refractivity contribution in [1.82, 2.24) is 20.2 Å². The maximum Gasteiger partial charge on any atom is 0.174 e. The van der Waals surface area contributed by atoms with E-state index in [-0.39, 0.29) is 0 Å². The lowest BCUT2D eigenvalue weighted by molar-refractivity contribution is 0.622. The molecule has 0 radical (unpaired) electrons. The second-order valence-electron chi connectivity index (χ2n) is 3.91. The minimum absolute atomic E-state index is 0.567. The lowest BCUT2D eigenvalue weighted by atomic mass is 10.1. The number of hydrogen-bond donors (Lipinski definition) is 1. The molecule has 0 spiro atoms. The molecule has 4 nitrogen and oxygen atoms in total. The zero-order chi connectivity index (χ0) is 10.7. The van der Waals surface area contributed by atoms with Crippen molar-refractivity contribution in [3.63, 3.8) is 0 Å². The lowest BCUT2D eigenvalue weighted by Gasteiger charge is -1.97. The number of nitrogens with one attached hydrogen (secondary N) is 1. The lowest BCUT2D eigenvalue weighted by Crippen LogP contribution is -1.95. The third-order valence-corrected chi connectivity index (χ3v) is 2.03. The molecule has 1 N–H and O–H groups in total. The summed E-state index contributed by atoms with van der Waals surface area (Å²) in [6, 6.07) is 5.74. The van der Waals surface area contributed by atoms with E-state index in [2.05, 4.69) is 34.0 Å². The maximum absolute atomic E-state index is 4.39. The number of pyridine rings is 1. The largest absolute Gasteiger partial charge is 0.258 e. The SMILES string of the molecule is CC(C)Cc1n[nH]c(-c2ccccn2)n1. The summed E-state index contributed by atoms with van der Waals surface area (Å²) in [5, 5.41) is 7.06. The van der Waals surface area contributed by atoms with Crippen LogP contribution in [-0.4, -0.2) is 20.2 Å². The average molecular weight is 202 g/mol. The minimum Gasteiger partial charge on any atom is -0.258 e. The average Bonchev–Trinajstić information content (AvgIpc) is 2.67. The number of hydrogen-bond acceptors (Lipinski definition) is 3. The molecule has 2 heterocycles. The van der Waals surface area contributed by atoms with Crippen LogP contribution >= 0.6 is 0 Å². The van der Waals surface area contributed by atoms with Crippen LogP contribution in [0.5, 0.6) is 0 Å². The smallest absolute Gasteiger partial charge is 0.174 e. The number of aromatic amines is 1. The molecular weight excluding hydrogens is 188 g/mol. The van der Waals surface area contributed by atoms with Crippen LogP contribution in [0.3, 0.4) is 0 Å². The van der Waals surface area contributed by atoms with E-state index >= 15 is 0 Å². The fourth-order valence-electron chi connectivity index (χ4n) is 1.37. The van der Waals surface area contributed by atoms with Crippen LogP contribution in [0.4, 0.5) is 0 Å². The molecule has 4 heteroatoms. The Balaban J connectivity index is 2.21. The van der Waals surface area contributed by atoms with Gasteiger partial charge < -0.3 is 0 Å². The Morgan fingerprint density at radius 1 is 1.33 bits per heavy atom. The van der Waals surface area contributed by atoms with E-state index < -0.39 is 0 Å². The Morgan fingerprint density at radius 3 is 2.87 bits per heavy atom. The van der Waals surface area contributed by atoms with E-state index in [0.717, 1.165) is 23.8 Å². The van der Waals surface area contributed by atoms with Crippen LogP contribution in [-0.2, 0) is 6.42 Å². The van der Waals surface area contributed by atoms with Crippen molar-refractivity contribution in [3.8, 4) is 11.5 Å². The Labute approximate surface area is 88.8 Å². The van der Waals surface area contributed by atoms with Crippen molar-refractivity contribution in [2.24, 2.45) is 5.92 Å². The van der Waals surface area contributed by atoms with Crippen LogP contribution in [0.2, 0.25) is 0 Å². The zero-order valence-corrected chi connectivity index (χ0v) is 8.94. The summed E-state index contributed by atoms with van der Waals surface area (Å²) < 4.78 is 0. The number of H-pyrrole nitrogens is 1. The zero-order valence-electron chi connectivity index (χ0n) is 8.94. The third-order valence-electron chi connectivity index (χ3n) is 2.03. The number of nitrogens with zero attached hydrogens (tertiary/aromatic N) is 3. The summed E-state index contributed by atoms with van der Waals surface area (Å²) in [4.78, 5) is 8.60. The van der Waals surface area contributed by atoms with Crippen LogP contribution in [0, 0.1) is 5.92 Å². The van der Waals surface area contributed by atoms with Gasteiger partial charge in [-0.2, -0.15) is 5.10 Å². The fraction of sp³-hybridized carbons (Fsp3) is 0.364. The first-order chi connectivity index (χ1) is 7.25. The van der Waals surface area contributed by atoms with E-state index in [4.69, 9.17) is 0 Å². The summed E-state index contributed by atoms with van der Waals surface area (Å²) in [6.07, 6.45) is 2.64. The van der Waals surface area contributed by atoms with E-state index in [9.17, 15) is 0 Å². The van der Waals surface area contributed by atoms with Crippen molar-refractivity contribution in [1.29, 1.82) is 0 Å². The highest BCUT2D eigenvalue weighted by Crippen LogP contribution is 2.11. The third kappa shape index (κ3) is 2.40. The molecule has 0 saturated carbocycles. The van der Waals surface area contributed by atoms with Crippen molar-refractivity contribution in [2.75, 3.05) is 0 Å². The molecule has 2 rings (SSSR count). The Hall–Kier alpha value is -1.71. The summed E-state index contributed by atoms with van der Waals surface area (Å²) in [6.45, 7) is 4.30. The van der Waals surface area contributed by atoms with Gasteiger partial charge in [-0.3, -0.25) is 10.1 Å². The van der Waals surface area contributed by atoms with Gasteiger partial charge in [0, 0.05) is 12.6 Å². The normalized spacial score (nSPS) is 10.9. The fourth-order valence-corrected chi connectivity index (χ4v) is 1.37. The molecule has 15 heavy (non-hydrogen) atoms. The van der Waals surface area contributed by atoms with Gasteiger partial charge in [0.25, 0.3) is 0 Å². The molecule has 0 aliphatic heterocycles. The standard InChI is InChI=1S/C11H14N4/c1-8(2)7-10-13-11(15-14-10)9-5-3-4-6-12-9/h3-6,8H,7H2,1-2H3,(H,13,14,15). The van der Waals surface area contributed by atoms with Gasteiger partial charge in [-0.05, 0) is 18.1 Å². The summed E-state index contributed by atoms with van der Waals surface area (Å²) in [7, 11) is 0. The van der Waals surface area contributed by atoms with Crippen LogP contribution < -0.4 is 0 Å². The molecule has 0 aliphatic carbocycles. The minimum atomic E-state index is 0.567. The van der Waals surface area contributed by atoms with Gasteiger partial charge in [0.1, 0.15) is 5.69 Å². The molecule has 78 valence electrons. The van der Waals surface area contributed by atoms with Crippen molar-refractivity contribution in [2.45, 2.75) is 20.3 Å². The Bertz CT molecular complexity index is 419. The van der Waals surface area contributed by atoms with E-state index in [1.54, 1.807) is 6.20 Å². The molecule has 0 aliphatic rings. The van der Waals surface area contributed by atoms with Gasteiger partial charge in [-0.1, -0.05) is 19.9 Å². The highest BCUT2D eigenvalue weighted by Gasteiger charge is 2.07. The van der Waals surface area contributed by atoms with Gasteiger partial charge in [-0.15, -0.1) is 0 Å². The van der Waals surface area contributed by atoms with Crippen molar-refractivity contribution in [3.05, 3.63) is 30.2 Å². The van der Waals surface area contributed by atoms with Crippen LogP contribution in [0.1, 0.15) is 19.7 Å². The molecule has 0 bridgehead atoms. The van der Waals surface area contributed by atoms with Gasteiger partial charge in [0.15, 0.2) is 11.6 Å². The van der Waals surface area contributed by atoms with Gasteiger partial charge in [-0.25, -0.2) is 4.98 Å². The van der Waals surface area contributed by atoms with E-state index in [0.29, 0.717) is 5.92 Å². The predicted molar refractivity (Wildman–Crippen MR) is 58.2 cm³/mol. The van der Waals surface area contributed by atoms with Crippen molar-refractivity contribution < 1.29 is 0 Å². The maximum atomic E-state index is 4.39. The molecule has 0 saturated heterocycles. The molecule has 0 unspecified atom stereocenters. The van der Waals surface area contributed by atoms with Crippen LogP contribution in [0.15, 0.2) is 24.4 Å². The highest BCUT2D eigenvalue weighted by atomic mass is 15.2. The molecule has 2 aromatic rings. The van der Waals surface area contributed by atoms with Gasteiger partial charge in [0.2, 0.25) is 0 Å². The predicted octanol–water partition coefficient (Wildman–Crippen LogP) is 2.07. The Kier molecular flexibility index (Phi) is 2.76. The molecule has 0 atom stereocenters. The summed E-state index contributed by atoms with van der Waals surface area (Å²) in [5.41, 5.74) is 0.833. The second kappa shape index (κ2) is 4.21.